The van der Waals surface area contributed by atoms with Gasteiger partial charge in [-0.3, -0.25) is 9.80 Å². The van der Waals surface area contributed by atoms with Crippen LogP contribution < -0.4 is 0 Å². The lowest BCUT2D eigenvalue weighted by molar-refractivity contribution is 0.357. The largest absolute Gasteiger partial charge is 0.277 e. The summed E-state index contributed by atoms with van der Waals surface area (Å²) in [6.45, 7) is 4.92. The van der Waals surface area contributed by atoms with E-state index in [-0.39, 0.29) is 0 Å². The molecule has 0 amide bonds. The fourth-order valence-electron chi connectivity index (χ4n) is 1.43. The molecule has 0 N–H and O–H groups in total. The minimum absolute atomic E-state index is 0.454. The molecule has 46 valence electrons. The van der Waals surface area contributed by atoms with Crippen LogP contribution in [-0.4, -0.2) is 41.5 Å². The minimum Gasteiger partial charge on any atom is -0.277 e. The number of hydrogen-bond acceptors (Lipinski definition) is 3. The molecule has 2 bridgehead atoms. The summed E-state index contributed by atoms with van der Waals surface area (Å²) in [7, 11) is 0. The van der Waals surface area contributed by atoms with Crippen LogP contribution in [0.2, 0.25) is 0 Å². The summed E-state index contributed by atoms with van der Waals surface area (Å²) in [6, 6.07) is 0. The average molecular weight is 130 g/mol. The molecule has 0 aromatic carbocycles. The second-order valence-corrected chi connectivity index (χ2v) is 2.88. The van der Waals surface area contributed by atoms with Crippen LogP contribution in [-0.2, 0) is 0 Å². The predicted molar refractivity (Wildman–Crippen MR) is 35.9 cm³/mol. The number of hydrogen-bond donors (Lipinski definition) is 1. The highest BCUT2D eigenvalue weighted by atomic mass is 32.1. The van der Waals surface area contributed by atoms with Gasteiger partial charge in [0.05, 0.1) is 0 Å². The van der Waals surface area contributed by atoms with Gasteiger partial charge in [-0.25, -0.2) is 0 Å². The van der Waals surface area contributed by atoms with E-state index >= 15 is 0 Å². The lowest BCUT2D eigenvalue weighted by Crippen LogP contribution is -2.24. The zero-order valence-electron chi connectivity index (χ0n) is 4.75. The quantitative estimate of drug-likeness (QED) is 0.455. The Morgan fingerprint density at radius 1 is 1.00 bits per heavy atom. The summed E-state index contributed by atoms with van der Waals surface area (Å²) in [4.78, 5) is 4.78. The van der Waals surface area contributed by atoms with Gasteiger partial charge < -0.3 is 0 Å². The zero-order chi connectivity index (χ0) is 5.56. The third-order valence-electron chi connectivity index (χ3n) is 2.00. The van der Waals surface area contributed by atoms with Crippen molar-refractivity contribution in [2.75, 3.05) is 26.2 Å². The van der Waals surface area contributed by atoms with E-state index in [2.05, 4.69) is 22.4 Å². The molecular weight excluding hydrogens is 120 g/mol. The second kappa shape index (κ2) is 1.62. The Labute approximate surface area is 54.9 Å². The van der Waals surface area contributed by atoms with Gasteiger partial charge in [-0.05, 0) is 0 Å². The SMILES string of the molecule is SC1N2CCN1CC2. The molecule has 2 heterocycles. The topological polar surface area (TPSA) is 6.48 Å². The van der Waals surface area contributed by atoms with E-state index < -0.39 is 0 Å². The first-order valence-electron chi connectivity index (χ1n) is 3.04. The van der Waals surface area contributed by atoms with E-state index in [0.29, 0.717) is 5.50 Å². The van der Waals surface area contributed by atoms with Gasteiger partial charge in [-0.15, -0.1) is 12.6 Å². The molecule has 3 heteroatoms. The highest BCUT2D eigenvalue weighted by Gasteiger charge is 2.34. The van der Waals surface area contributed by atoms with E-state index in [1.807, 2.05) is 0 Å². The normalized spacial score (nSPS) is 52.9. The maximum Gasteiger partial charge on any atom is 0.108 e. The molecule has 0 aromatic rings. The Morgan fingerprint density at radius 3 is 1.50 bits per heavy atom. The first kappa shape index (κ1) is 5.09. The van der Waals surface area contributed by atoms with Crippen molar-refractivity contribution in [3.05, 3.63) is 0 Å². The third kappa shape index (κ3) is 0.522. The lowest BCUT2D eigenvalue weighted by Gasteiger charge is -2.10. The van der Waals surface area contributed by atoms with E-state index in [4.69, 9.17) is 0 Å². The number of nitrogens with zero attached hydrogens (tertiary/aromatic N) is 2. The van der Waals surface area contributed by atoms with Crippen molar-refractivity contribution in [3.63, 3.8) is 0 Å². The van der Waals surface area contributed by atoms with E-state index in [0.717, 1.165) is 0 Å². The Balaban J connectivity index is 2.16. The number of thiol groups is 1. The Hall–Kier alpha value is 0.270. The van der Waals surface area contributed by atoms with Crippen LogP contribution in [0.25, 0.3) is 0 Å². The molecule has 0 saturated carbocycles. The van der Waals surface area contributed by atoms with Gasteiger partial charge in [0.1, 0.15) is 5.50 Å². The molecule has 2 rings (SSSR count). The summed E-state index contributed by atoms with van der Waals surface area (Å²) in [5, 5.41) is 0. The van der Waals surface area contributed by atoms with Crippen LogP contribution >= 0.6 is 12.6 Å². The Kier molecular flexibility index (Phi) is 1.03. The van der Waals surface area contributed by atoms with Crippen molar-refractivity contribution in [3.8, 4) is 0 Å². The number of fused-ring (bicyclic) bond motifs is 2. The van der Waals surface area contributed by atoms with Crippen LogP contribution in [0, 0.1) is 0 Å². The summed E-state index contributed by atoms with van der Waals surface area (Å²) >= 11 is 4.40. The van der Waals surface area contributed by atoms with Crippen LogP contribution in [0.3, 0.4) is 0 Å². The number of rotatable bonds is 0. The molecule has 0 atom stereocenters. The molecule has 0 spiro atoms. The predicted octanol–water partition coefficient (Wildman–Crippen LogP) is -0.169. The van der Waals surface area contributed by atoms with Crippen molar-refractivity contribution in [1.82, 2.24) is 9.80 Å². The third-order valence-corrected chi connectivity index (χ3v) is 2.66. The summed E-state index contributed by atoms with van der Waals surface area (Å²) < 4.78 is 0. The van der Waals surface area contributed by atoms with E-state index in [1.54, 1.807) is 0 Å². The molecule has 2 saturated heterocycles. The van der Waals surface area contributed by atoms with Crippen LogP contribution in [0.5, 0.6) is 0 Å². The molecule has 8 heavy (non-hydrogen) atoms. The number of piperazine rings is 1. The van der Waals surface area contributed by atoms with Crippen molar-refractivity contribution >= 4 is 12.6 Å². The van der Waals surface area contributed by atoms with Gasteiger partial charge in [-0.2, -0.15) is 0 Å². The van der Waals surface area contributed by atoms with Gasteiger partial charge in [-0.1, -0.05) is 0 Å². The highest BCUT2D eigenvalue weighted by molar-refractivity contribution is 7.80. The second-order valence-electron chi connectivity index (χ2n) is 2.42. The fourth-order valence-corrected chi connectivity index (χ4v) is 1.89. The fraction of sp³-hybridized carbons (Fsp3) is 1.00. The van der Waals surface area contributed by atoms with Crippen LogP contribution in [0.15, 0.2) is 0 Å². The van der Waals surface area contributed by atoms with E-state index in [1.165, 1.54) is 26.2 Å². The maximum atomic E-state index is 4.40. The molecule has 2 nitrogen and oxygen atoms in total. The van der Waals surface area contributed by atoms with Gasteiger partial charge >= 0.3 is 0 Å². The molecule has 0 aromatic heterocycles. The van der Waals surface area contributed by atoms with E-state index in [9.17, 15) is 0 Å². The summed E-state index contributed by atoms with van der Waals surface area (Å²) in [5.41, 5.74) is 0.454. The van der Waals surface area contributed by atoms with Crippen LogP contribution in [0.4, 0.5) is 0 Å². The molecule has 2 fully saturated rings. The van der Waals surface area contributed by atoms with Crippen molar-refractivity contribution in [2.45, 2.75) is 5.50 Å². The zero-order valence-corrected chi connectivity index (χ0v) is 5.64. The standard InChI is InChI=1S/C5H10N2S/c8-5-6-1-2-7(5)4-3-6/h5,8H,1-4H2. The average Bonchev–Trinajstić information content (AvgIpc) is 2.29. The van der Waals surface area contributed by atoms with Gasteiger partial charge in [0.2, 0.25) is 0 Å². The monoisotopic (exact) mass is 130 g/mol. The summed E-state index contributed by atoms with van der Waals surface area (Å²) in [6.07, 6.45) is 0. The Morgan fingerprint density at radius 2 is 1.38 bits per heavy atom. The van der Waals surface area contributed by atoms with Crippen molar-refractivity contribution in [2.24, 2.45) is 0 Å². The smallest absolute Gasteiger partial charge is 0.108 e. The van der Waals surface area contributed by atoms with Gasteiger partial charge in [0.15, 0.2) is 0 Å². The molecular formula is C5H10N2S. The Bertz CT molecular complexity index is 86.6. The minimum atomic E-state index is 0.454. The highest BCUT2D eigenvalue weighted by Crippen LogP contribution is 2.22. The van der Waals surface area contributed by atoms with Crippen molar-refractivity contribution in [1.29, 1.82) is 0 Å². The van der Waals surface area contributed by atoms with Gasteiger partial charge in [0.25, 0.3) is 0 Å². The molecule has 2 aliphatic rings. The van der Waals surface area contributed by atoms with Gasteiger partial charge in [0, 0.05) is 26.2 Å². The first-order chi connectivity index (χ1) is 3.88. The molecule has 0 radical (unpaired) electrons. The molecule has 0 unspecified atom stereocenters. The lowest BCUT2D eigenvalue weighted by atomic mass is 10.4. The maximum absolute atomic E-state index is 4.40. The van der Waals surface area contributed by atoms with Crippen molar-refractivity contribution < 1.29 is 0 Å². The molecule has 0 aliphatic carbocycles. The van der Waals surface area contributed by atoms with Crippen LogP contribution in [0.1, 0.15) is 0 Å². The summed E-state index contributed by atoms with van der Waals surface area (Å²) in [5.74, 6) is 0. The molecule has 2 aliphatic heterocycles. The first-order valence-corrected chi connectivity index (χ1v) is 3.56.